The van der Waals surface area contributed by atoms with Crippen molar-refractivity contribution in [3.63, 3.8) is 0 Å². The minimum absolute atomic E-state index is 0. The van der Waals surface area contributed by atoms with E-state index >= 15 is 0 Å². The van der Waals surface area contributed by atoms with Gasteiger partial charge < -0.3 is 0 Å². The van der Waals surface area contributed by atoms with Gasteiger partial charge in [-0.2, -0.15) is 18.3 Å². The van der Waals surface area contributed by atoms with Crippen LogP contribution in [0.1, 0.15) is 84.0 Å². The zero-order chi connectivity index (χ0) is 14.4. The average Bonchev–Trinajstić information content (AvgIpc) is 2.34. The van der Waals surface area contributed by atoms with Crippen molar-refractivity contribution in [2.24, 2.45) is 0 Å². The van der Waals surface area contributed by atoms with Gasteiger partial charge in [0.15, 0.2) is 0 Å². The molecule has 1 N–H and O–H groups in total. The molecule has 0 aliphatic heterocycles. The summed E-state index contributed by atoms with van der Waals surface area (Å²) in [6, 6.07) is 0. The molecule has 0 radical (unpaired) electrons. The highest BCUT2D eigenvalue weighted by Gasteiger charge is 2.02. The molecule has 0 aromatic rings. The quantitative estimate of drug-likeness (QED) is 0.288. The minimum atomic E-state index is -4.24. The first-order chi connectivity index (χ1) is 9.06. The summed E-state index contributed by atoms with van der Waals surface area (Å²) < 4.78 is 33.1. The van der Waals surface area contributed by atoms with Crippen molar-refractivity contribution >= 4 is 20.3 Å². The highest BCUT2D eigenvalue weighted by molar-refractivity contribution is 7.80. The van der Waals surface area contributed by atoms with Crippen LogP contribution in [0.4, 0.5) is 0 Å². The van der Waals surface area contributed by atoms with E-state index in [9.17, 15) is 8.42 Å². The molecule has 0 saturated carbocycles. The van der Waals surface area contributed by atoms with Crippen LogP contribution in [0.5, 0.6) is 0 Å². The average molecular weight is 328 g/mol. The first kappa shape index (κ1) is 22.6. The van der Waals surface area contributed by atoms with Crippen molar-refractivity contribution in [1.29, 1.82) is 0 Å². The Hall–Kier alpha value is 0.300. The van der Waals surface area contributed by atoms with Crippen molar-refractivity contribution in [1.82, 2.24) is 0 Å². The molecule has 124 valence electrons. The van der Waals surface area contributed by atoms with Crippen LogP contribution < -0.4 is 0 Å². The second-order valence-corrected chi connectivity index (χ2v) is 6.23. The van der Waals surface area contributed by atoms with Crippen molar-refractivity contribution in [3.8, 4) is 0 Å². The SMILES string of the molecule is CCCCCCCCCCCCCCOS(=O)(=O)O.P. The Balaban J connectivity index is 0. The highest BCUT2D eigenvalue weighted by atomic mass is 32.3. The topological polar surface area (TPSA) is 63.6 Å². The fourth-order valence-corrected chi connectivity index (χ4v) is 2.44. The van der Waals surface area contributed by atoms with E-state index in [4.69, 9.17) is 4.55 Å². The number of rotatable bonds is 14. The van der Waals surface area contributed by atoms with Gasteiger partial charge in [0.1, 0.15) is 0 Å². The van der Waals surface area contributed by atoms with Gasteiger partial charge in [0.2, 0.25) is 0 Å². The Kier molecular flexibility index (Phi) is 17.7. The second kappa shape index (κ2) is 15.7. The molecule has 0 bridgehead atoms. The van der Waals surface area contributed by atoms with Gasteiger partial charge in [-0.1, -0.05) is 77.6 Å². The molecule has 0 amide bonds. The van der Waals surface area contributed by atoms with Crippen LogP contribution in [0.3, 0.4) is 0 Å². The Morgan fingerprint density at radius 1 is 0.750 bits per heavy atom. The molecule has 0 aromatic heterocycles. The molecule has 20 heavy (non-hydrogen) atoms. The second-order valence-electron chi connectivity index (χ2n) is 5.14. The summed E-state index contributed by atoms with van der Waals surface area (Å²) in [5, 5.41) is 0. The molecule has 0 aromatic carbocycles. The lowest BCUT2D eigenvalue weighted by Gasteiger charge is -2.02. The Bertz CT molecular complexity index is 281. The molecule has 0 fully saturated rings. The molecule has 1 unspecified atom stereocenters. The number of unbranched alkanes of at least 4 members (excludes halogenated alkanes) is 11. The van der Waals surface area contributed by atoms with Crippen LogP contribution in [-0.4, -0.2) is 19.6 Å². The lowest BCUT2D eigenvalue weighted by molar-refractivity contribution is 0.261. The van der Waals surface area contributed by atoms with Gasteiger partial charge in [0, 0.05) is 0 Å². The Morgan fingerprint density at radius 2 is 1.10 bits per heavy atom. The van der Waals surface area contributed by atoms with Gasteiger partial charge in [0.05, 0.1) is 6.61 Å². The van der Waals surface area contributed by atoms with Crippen molar-refractivity contribution < 1.29 is 17.2 Å². The van der Waals surface area contributed by atoms with E-state index in [1.54, 1.807) is 0 Å². The molecular formula is C14H33O4PS. The molecule has 4 nitrogen and oxygen atoms in total. The predicted octanol–water partition coefficient (Wildman–Crippen LogP) is 4.57. The van der Waals surface area contributed by atoms with Crippen LogP contribution in [-0.2, 0) is 14.6 Å². The minimum Gasteiger partial charge on any atom is -0.264 e. The summed E-state index contributed by atoms with van der Waals surface area (Å²) in [7, 11) is -4.24. The van der Waals surface area contributed by atoms with Crippen molar-refractivity contribution in [3.05, 3.63) is 0 Å². The van der Waals surface area contributed by atoms with Gasteiger partial charge in [-0.3, -0.25) is 4.55 Å². The normalized spacial score (nSPS) is 11.3. The summed E-state index contributed by atoms with van der Waals surface area (Å²) in [4.78, 5) is 0. The summed E-state index contributed by atoms with van der Waals surface area (Å²) >= 11 is 0. The lowest BCUT2D eigenvalue weighted by Crippen LogP contribution is -2.04. The van der Waals surface area contributed by atoms with Gasteiger partial charge >= 0.3 is 10.4 Å². The zero-order valence-electron chi connectivity index (χ0n) is 13.0. The van der Waals surface area contributed by atoms with E-state index in [2.05, 4.69) is 11.1 Å². The first-order valence-electron chi connectivity index (χ1n) is 7.68. The maximum absolute atomic E-state index is 10.3. The summed E-state index contributed by atoms with van der Waals surface area (Å²) in [5.74, 6) is 0. The lowest BCUT2D eigenvalue weighted by atomic mass is 10.1. The molecule has 0 rings (SSSR count). The van der Waals surface area contributed by atoms with E-state index in [1.165, 1.54) is 57.8 Å². The third-order valence-electron chi connectivity index (χ3n) is 3.23. The summed E-state index contributed by atoms with van der Waals surface area (Å²) in [6.45, 7) is 2.33. The van der Waals surface area contributed by atoms with Gasteiger partial charge in [-0.05, 0) is 6.42 Å². The standard InChI is InChI=1S/C14H30O4S.H3P/c1-2-3-4-5-6-7-8-9-10-11-12-13-14-18-19(15,16)17;/h2-14H2,1H3,(H,15,16,17);1H3. The largest absolute Gasteiger partial charge is 0.397 e. The molecule has 1 atom stereocenters. The van der Waals surface area contributed by atoms with E-state index in [1.807, 2.05) is 0 Å². The summed E-state index contributed by atoms with van der Waals surface area (Å²) in [5.41, 5.74) is 0. The van der Waals surface area contributed by atoms with Gasteiger partial charge in [-0.15, -0.1) is 0 Å². The van der Waals surface area contributed by atoms with Crippen molar-refractivity contribution in [2.45, 2.75) is 84.0 Å². The monoisotopic (exact) mass is 328 g/mol. The molecule has 0 saturated heterocycles. The summed E-state index contributed by atoms with van der Waals surface area (Å²) in [6.07, 6.45) is 14.7. The van der Waals surface area contributed by atoms with Gasteiger partial charge in [0.25, 0.3) is 0 Å². The van der Waals surface area contributed by atoms with Crippen LogP contribution in [0.15, 0.2) is 0 Å². The first-order valence-corrected chi connectivity index (χ1v) is 9.04. The van der Waals surface area contributed by atoms with E-state index in [-0.39, 0.29) is 16.5 Å². The zero-order valence-corrected chi connectivity index (χ0v) is 15.2. The molecule has 0 aliphatic rings. The van der Waals surface area contributed by atoms with Crippen molar-refractivity contribution in [2.75, 3.05) is 6.61 Å². The Morgan fingerprint density at radius 3 is 1.45 bits per heavy atom. The fraction of sp³-hybridized carbons (Fsp3) is 1.00. The predicted molar refractivity (Wildman–Crippen MR) is 89.7 cm³/mol. The molecule has 6 heteroatoms. The van der Waals surface area contributed by atoms with Crippen LogP contribution in [0.2, 0.25) is 0 Å². The molecular weight excluding hydrogens is 295 g/mol. The maximum Gasteiger partial charge on any atom is 0.397 e. The molecule has 0 heterocycles. The van der Waals surface area contributed by atoms with E-state index < -0.39 is 10.4 Å². The van der Waals surface area contributed by atoms with E-state index in [0.29, 0.717) is 6.42 Å². The highest BCUT2D eigenvalue weighted by Crippen LogP contribution is 2.11. The van der Waals surface area contributed by atoms with Gasteiger partial charge in [-0.25, -0.2) is 4.18 Å². The molecule has 0 aliphatic carbocycles. The Labute approximate surface area is 128 Å². The third-order valence-corrected chi connectivity index (χ3v) is 3.69. The molecule has 0 spiro atoms. The smallest absolute Gasteiger partial charge is 0.264 e. The maximum atomic E-state index is 10.3. The number of hydrogen-bond donors (Lipinski definition) is 1. The van der Waals surface area contributed by atoms with Crippen LogP contribution >= 0.6 is 9.90 Å². The van der Waals surface area contributed by atoms with Crippen LogP contribution in [0.25, 0.3) is 0 Å². The number of hydrogen-bond acceptors (Lipinski definition) is 3. The van der Waals surface area contributed by atoms with Crippen LogP contribution in [0, 0.1) is 0 Å². The van der Waals surface area contributed by atoms with E-state index in [0.717, 1.165) is 12.8 Å². The fourth-order valence-electron chi connectivity index (χ4n) is 2.11. The third kappa shape index (κ3) is 20.6.